The first-order chi connectivity index (χ1) is 14.5. The van der Waals surface area contributed by atoms with Gasteiger partial charge >= 0.3 is 0 Å². The van der Waals surface area contributed by atoms with Crippen molar-refractivity contribution < 1.29 is 9.53 Å². The molecule has 1 amide bonds. The average Bonchev–Trinajstić information content (AvgIpc) is 3.51. The summed E-state index contributed by atoms with van der Waals surface area (Å²) in [7, 11) is 2.12. The number of nitrogens with zero attached hydrogens (tertiary/aromatic N) is 1. The Morgan fingerprint density at radius 3 is 2.63 bits per heavy atom. The molecule has 2 fully saturated rings. The number of carbonyl (C=O) groups excluding carboxylic acids is 1. The summed E-state index contributed by atoms with van der Waals surface area (Å²) in [5.74, 6) is 1.33. The Kier molecular flexibility index (Phi) is 4.75. The second-order valence-corrected chi connectivity index (χ2v) is 8.94. The van der Waals surface area contributed by atoms with Crippen LogP contribution in [0.1, 0.15) is 34.3 Å². The van der Waals surface area contributed by atoms with E-state index in [1.54, 1.807) is 0 Å². The minimum Gasteiger partial charge on any atom is -0.493 e. The summed E-state index contributed by atoms with van der Waals surface area (Å²) in [6.45, 7) is 4.84. The molecule has 4 nitrogen and oxygen atoms in total. The Morgan fingerprint density at radius 2 is 1.87 bits per heavy atom. The van der Waals surface area contributed by atoms with E-state index in [4.69, 9.17) is 4.74 Å². The lowest BCUT2D eigenvalue weighted by Gasteiger charge is -2.35. The molecule has 5 rings (SSSR count). The maximum absolute atomic E-state index is 13.3. The Balaban J connectivity index is 1.35. The molecule has 1 aliphatic carbocycles. The Hall–Kier alpha value is -2.85. The smallest absolute Gasteiger partial charge is 0.252 e. The summed E-state index contributed by atoms with van der Waals surface area (Å²) in [6, 6.07) is 20.6. The van der Waals surface area contributed by atoms with E-state index in [0.717, 1.165) is 37.2 Å². The SMILES string of the molecule is Cc1ccc(OCC2CN(C)C2)cc1C(=O)NC1(c2cccc3ccccc23)CC1. The van der Waals surface area contributed by atoms with Crippen LogP contribution in [0.5, 0.6) is 5.75 Å². The van der Waals surface area contributed by atoms with Crippen LogP contribution in [0.4, 0.5) is 0 Å². The number of likely N-dealkylation sites (tertiary alicyclic amines) is 1. The molecule has 4 heteroatoms. The third-order valence-corrected chi connectivity index (χ3v) is 6.49. The first-order valence-corrected chi connectivity index (χ1v) is 10.8. The molecule has 0 aromatic heterocycles. The van der Waals surface area contributed by atoms with Crippen LogP contribution in [0.25, 0.3) is 10.8 Å². The van der Waals surface area contributed by atoms with Crippen molar-refractivity contribution in [2.45, 2.75) is 25.3 Å². The molecule has 154 valence electrons. The number of benzene rings is 3. The van der Waals surface area contributed by atoms with E-state index in [0.29, 0.717) is 18.1 Å². The van der Waals surface area contributed by atoms with Crippen molar-refractivity contribution in [2.75, 3.05) is 26.7 Å². The highest BCUT2D eigenvalue weighted by molar-refractivity contribution is 5.97. The highest BCUT2D eigenvalue weighted by Crippen LogP contribution is 2.48. The quantitative estimate of drug-likeness (QED) is 0.662. The number of amides is 1. The molecule has 1 heterocycles. The van der Waals surface area contributed by atoms with Crippen LogP contribution in [0.2, 0.25) is 0 Å². The Labute approximate surface area is 177 Å². The zero-order valence-electron chi connectivity index (χ0n) is 17.7. The Morgan fingerprint density at radius 1 is 1.10 bits per heavy atom. The third-order valence-electron chi connectivity index (χ3n) is 6.49. The highest BCUT2D eigenvalue weighted by Gasteiger charge is 2.46. The number of rotatable bonds is 6. The molecule has 1 saturated heterocycles. The number of carbonyl (C=O) groups is 1. The highest BCUT2D eigenvalue weighted by atomic mass is 16.5. The fourth-order valence-electron chi connectivity index (χ4n) is 4.60. The first kappa shape index (κ1) is 19.1. The second-order valence-electron chi connectivity index (χ2n) is 8.94. The summed E-state index contributed by atoms with van der Waals surface area (Å²) in [5, 5.41) is 5.78. The van der Waals surface area contributed by atoms with Crippen molar-refractivity contribution in [3.05, 3.63) is 77.4 Å². The number of hydrogen-bond donors (Lipinski definition) is 1. The molecule has 2 aliphatic rings. The molecule has 0 radical (unpaired) electrons. The molecular formula is C26H28N2O2. The van der Waals surface area contributed by atoms with Crippen LogP contribution < -0.4 is 10.1 Å². The van der Waals surface area contributed by atoms with Crippen LogP contribution >= 0.6 is 0 Å². The van der Waals surface area contributed by atoms with Gasteiger partial charge in [-0.3, -0.25) is 4.79 Å². The van der Waals surface area contributed by atoms with Gasteiger partial charge in [-0.2, -0.15) is 0 Å². The van der Waals surface area contributed by atoms with Gasteiger partial charge in [-0.15, -0.1) is 0 Å². The normalized spacial score (nSPS) is 18.1. The van der Waals surface area contributed by atoms with Gasteiger partial charge in [0.25, 0.3) is 5.91 Å². The number of ether oxygens (including phenoxy) is 1. The van der Waals surface area contributed by atoms with Crippen molar-refractivity contribution in [2.24, 2.45) is 5.92 Å². The van der Waals surface area contributed by atoms with Gasteiger partial charge in [0.15, 0.2) is 0 Å². The van der Waals surface area contributed by atoms with Crippen molar-refractivity contribution in [1.29, 1.82) is 0 Å². The van der Waals surface area contributed by atoms with Gasteiger partial charge in [-0.1, -0.05) is 48.5 Å². The van der Waals surface area contributed by atoms with E-state index in [2.05, 4.69) is 59.7 Å². The summed E-state index contributed by atoms with van der Waals surface area (Å²) >= 11 is 0. The molecular weight excluding hydrogens is 372 g/mol. The van der Waals surface area contributed by atoms with E-state index >= 15 is 0 Å². The fourth-order valence-corrected chi connectivity index (χ4v) is 4.60. The lowest BCUT2D eigenvalue weighted by atomic mass is 9.96. The van der Waals surface area contributed by atoms with Crippen molar-refractivity contribution in [3.8, 4) is 5.75 Å². The zero-order valence-corrected chi connectivity index (χ0v) is 17.7. The second kappa shape index (κ2) is 7.44. The lowest BCUT2D eigenvalue weighted by molar-refractivity contribution is 0.0854. The first-order valence-electron chi connectivity index (χ1n) is 10.8. The minimum absolute atomic E-state index is 0.0215. The third kappa shape index (κ3) is 3.56. The van der Waals surface area contributed by atoms with E-state index in [1.165, 1.54) is 16.3 Å². The molecule has 3 aromatic carbocycles. The van der Waals surface area contributed by atoms with Gasteiger partial charge in [-0.25, -0.2) is 0 Å². The van der Waals surface area contributed by atoms with Gasteiger partial charge < -0.3 is 15.0 Å². The van der Waals surface area contributed by atoms with Crippen LogP contribution in [-0.2, 0) is 5.54 Å². The minimum atomic E-state index is -0.266. The summed E-state index contributed by atoms with van der Waals surface area (Å²) < 4.78 is 5.99. The van der Waals surface area contributed by atoms with Crippen LogP contribution in [0, 0.1) is 12.8 Å². The molecule has 1 N–H and O–H groups in total. The van der Waals surface area contributed by atoms with Crippen molar-refractivity contribution in [1.82, 2.24) is 10.2 Å². The number of hydrogen-bond acceptors (Lipinski definition) is 3. The van der Waals surface area contributed by atoms with Crippen molar-refractivity contribution >= 4 is 16.7 Å². The topological polar surface area (TPSA) is 41.6 Å². The molecule has 1 aliphatic heterocycles. The van der Waals surface area contributed by atoms with Gasteiger partial charge in [-0.05, 0) is 60.8 Å². The summed E-state index contributed by atoms with van der Waals surface area (Å²) in [5.41, 5.74) is 2.62. The van der Waals surface area contributed by atoms with Gasteiger partial charge in [0.05, 0.1) is 12.1 Å². The largest absolute Gasteiger partial charge is 0.493 e. The molecule has 0 unspecified atom stereocenters. The van der Waals surface area contributed by atoms with E-state index in [1.807, 2.05) is 25.1 Å². The fraction of sp³-hybridized carbons (Fsp3) is 0.346. The number of aryl methyl sites for hydroxylation is 1. The van der Waals surface area contributed by atoms with Crippen LogP contribution in [0.15, 0.2) is 60.7 Å². The number of fused-ring (bicyclic) bond motifs is 1. The number of nitrogens with one attached hydrogen (secondary N) is 1. The molecule has 1 saturated carbocycles. The molecule has 30 heavy (non-hydrogen) atoms. The van der Waals surface area contributed by atoms with Gasteiger partial charge in [0.2, 0.25) is 0 Å². The maximum atomic E-state index is 13.3. The molecule has 0 spiro atoms. The maximum Gasteiger partial charge on any atom is 0.252 e. The summed E-state index contributed by atoms with van der Waals surface area (Å²) in [6.07, 6.45) is 1.94. The van der Waals surface area contributed by atoms with E-state index in [-0.39, 0.29) is 11.4 Å². The van der Waals surface area contributed by atoms with Gasteiger partial charge in [0.1, 0.15) is 5.75 Å². The Bertz CT molecular complexity index is 1090. The van der Waals surface area contributed by atoms with Crippen LogP contribution in [0.3, 0.4) is 0 Å². The lowest BCUT2D eigenvalue weighted by Crippen LogP contribution is -2.46. The monoisotopic (exact) mass is 400 g/mol. The standard InChI is InChI=1S/C26H28N2O2/c1-18-10-11-21(30-17-19-15-28(2)16-19)14-23(18)25(29)27-26(12-13-26)24-9-5-7-20-6-3-4-8-22(20)24/h3-11,14,19H,12-13,15-17H2,1-2H3,(H,27,29). The predicted molar refractivity (Wildman–Crippen MR) is 120 cm³/mol. The van der Waals surface area contributed by atoms with Gasteiger partial charge in [0, 0.05) is 24.6 Å². The van der Waals surface area contributed by atoms with Crippen molar-refractivity contribution in [3.63, 3.8) is 0 Å². The zero-order chi connectivity index (χ0) is 20.7. The molecule has 3 aromatic rings. The van der Waals surface area contributed by atoms with E-state index < -0.39 is 0 Å². The average molecular weight is 401 g/mol. The predicted octanol–water partition coefficient (Wildman–Crippen LogP) is 4.51. The molecule has 0 bridgehead atoms. The summed E-state index contributed by atoms with van der Waals surface area (Å²) in [4.78, 5) is 15.5. The molecule has 0 atom stereocenters. The van der Waals surface area contributed by atoms with E-state index in [9.17, 15) is 4.79 Å². The van der Waals surface area contributed by atoms with Crippen LogP contribution in [-0.4, -0.2) is 37.6 Å².